The lowest BCUT2D eigenvalue weighted by atomic mass is 9.34. The molecule has 2 aromatic heterocycles. The Bertz CT molecular complexity index is 1840. The van der Waals surface area contributed by atoms with Crippen molar-refractivity contribution < 1.29 is 23.8 Å². The van der Waals surface area contributed by atoms with Gasteiger partial charge in [0.2, 0.25) is 0 Å². The highest BCUT2D eigenvalue weighted by molar-refractivity contribution is 5.73. The van der Waals surface area contributed by atoms with Crippen molar-refractivity contribution in [1.82, 2.24) is 25.1 Å². The van der Waals surface area contributed by atoms with Gasteiger partial charge < -0.3 is 19.9 Å². The number of hydrogen-bond acceptors (Lipinski definition) is 7. The van der Waals surface area contributed by atoms with Crippen molar-refractivity contribution in [2.75, 3.05) is 26.9 Å². The van der Waals surface area contributed by atoms with Gasteiger partial charge in [0.05, 0.1) is 48.2 Å². The minimum absolute atomic E-state index is 0.0470. The molecular weight excluding hydrogens is 694 g/mol. The third-order valence-electron chi connectivity index (χ3n) is 17.6. The van der Waals surface area contributed by atoms with Crippen molar-refractivity contribution in [3.63, 3.8) is 0 Å². The zero-order valence-electron chi connectivity index (χ0n) is 35.7. The lowest BCUT2D eigenvalue weighted by molar-refractivity contribution is -0.219. The number of likely N-dealkylation sites (N-methyl/N-ethyl adjacent to an activating group) is 1. The number of hydrogen-bond donors (Lipinski definition) is 2. The molecule has 304 valence electrons. The van der Waals surface area contributed by atoms with Crippen molar-refractivity contribution in [3.05, 3.63) is 41.9 Å². The predicted octanol–water partition coefficient (Wildman–Crippen LogP) is 9.37. The lowest BCUT2D eigenvalue weighted by Gasteiger charge is -2.71. The second-order valence-electron chi connectivity index (χ2n) is 21.2. The second-order valence-corrected chi connectivity index (χ2v) is 21.2. The summed E-state index contributed by atoms with van der Waals surface area (Å²) in [6.07, 6.45) is 10.5. The van der Waals surface area contributed by atoms with Gasteiger partial charge in [-0.15, -0.1) is 0 Å². The van der Waals surface area contributed by atoms with Crippen LogP contribution in [-0.4, -0.2) is 63.2 Å². The molecule has 11 atom stereocenters. The van der Waals surface area contributed by atoms with Gasteiger partial charge in [-0.25, -0.2) is 14.1 Å². The molecular formula is C45H68FN5O4. The van der Waals surface area contributed by atoms with Gasteiger partial charge in [-0.2, -0.15) is 5.10 Å². The quantitative estimate of drug-likeness (QED) is 0.260. The van der Waals surface area contributed by atoms with Crippen LogP contribution in [-0.2, 0) is 14.3 Å². The van der Waals surface area contributed by atoms with E-state index in [-0.39, 0.29) is 50.5 Å². The first-order valence-electron chi connectivity index (χ1n) is 21.0. The number of nitrogens with zero attached hydrogens (tertiary/aromatic N) is 4. The number of rotatable bonds is 9. The lowest BCUT2D eigenvalue weighted by Crippen LogP contribution is -2.67. The first-order valence-corrected chi connectivity index (χ1v) is 21.0. The average molecular weight is 762 g/mol. The molecule has 2 N–H and O–H groups in total. The number of carboxylic acids is 1. The molecule has 3 heterocycles. The molecule has 0 aromatic carbocycles. The molecule has 0 amide bonds. The van der Waals surface area contributed by atoms with E-state index in [4.69, 9.17) is 14.6 Å². The molecule has 0 unspecified atom stereocenters. The molecule has 1 saturated heterocycles. The van der Waals surface area contributed by atoms with Crippen LogP contribution in [0.25, 0.3) is 11.4 Å². The predicted molar refractivity (Wildman–Crippen MR) is 212 cm³/mol. The van der Waals surface area contributed by atoms with Gasteiger partial charge in [0, 0.05) is 18.0 Å². The number of aliphatic carboxylic acids is 1. The third-order valence-corrected chi connectivity index (χ3v) is 17.6. The van der Waals surface area contributed by atoms with Gasteiger partial charge in [-0.3, -0.25) is 9.78 Å². The fourth-order valence-corrected chi connectivity index (χ4v) is 13.3. The van der Waals surface area contributed by atoms with Gasteiger partial charge in [0.15, 0.2) is 11.6 Å². The fourth-order valence-electron chi connectivity index (χ4n) is 13.3. The van der Waals surface area contributed by atoms with Crippen molar-refractivity contribution in [1.29, 1.82) is 0 Å². The monoisotopic (exact) mass is 762 g/mol. The smallest absolute Gasteiger partial charge is 0.307 e. The van der Waals surface area contributed by atoms with E-state index >= 15 is 4.39 Å². The molecule has 5 aliphatic rings. The Hall–Kier alpha value is -2.85. The van der Waals surface area contributed by atoms with E-state index in [1.165, 1.54) is 11.8 Å². The molecule has 4 aliphatic carbocycles. The topological polar surface area (TPSA) is 111 Å². The van der Waals surface area contributed by atoms with E-state index in [2.05, 4.69) is 91.4 Å². The summed E-state index contributed by atoms with van der Waals surface area (Å²) in [5, 5.41) is 19.8. The van der Waals surface area contributed by atoms with Crippen LogP contribution in [0.3, 0.4) is 0 Å². The van der Waals surface area contributed by atoms with Crippen LogP contribution in [0.15, 0.2) is 36.1 Å². The van der Waals surface area contributed by atoms with Gasteiger partial charge in [0.25, 0.3) is 0 Å². The third kappa shape index (κ3) is 5.78. The van der Waals surface area contributed by atoms with Crippen molar-refractivity contribution >= 4 is 5.97 Å². The van der Waals surface area contributed by atoms with Crippen LogP contribution < -0.4 is 5.32 Å². The molecule has 2 aromatic rings. The van der Waals surface area contributed by atoms with Gasteiger partial charge in [-0.1, -0.05) is 69.2 Å². The summed E-state index contributed by atoms with van der Waals surface area (Å²) in [6, 6.07) is 1.64. The Kier molecular flexibility index (Phi) is 9.80. The molecule has 0 radical (unpaired) electrons. The van der Waals surface area contributed by atoms with Crippen molar-refractivity contribution in [2.24, 2.45) is 62.1 Å². The molecule has 0 spiro atoms. The molecule has 1 aliphatic heterocycles. The average Bonchev–Trinajstić information content (AvgIpc) is 3.59. The van der Waals surface area contributed by atoms with Gasteiger partial charge in [-0.05, 0) is 115 Å². The Balaban J connectivity index is 1.43. The highest BCUT2D eigenvalue weighted by atomic mass is 19.1. The fraction of sp³-hybridized carbons (Fsp3) is 0.778. The number of halogens is 1. The first-order chi connectivity index (χ1) is 25.6. The largest absolute Gasteiger partial charge is 0.496 e. The maximum atomic E-state index is 15.3. The molecule has 7 rings (SSSR count). The summed E-state index contributed by atoms with van der Waals surface area (Å²) in [7, 11) is 2.01. The number of pyridine rings is 1. The number of carbonyl (C=O) groups is 1. The first kappa shape index (κ1) is 40.4. The minimum atomic E-state index is -0.679. The Morgan fingerprint density at radius 3 is 2.45 bits per heavy atom. The van der Waals surface area contributed by atoms with Crippen molar-refractivity contribution in [2.45, 2.75) is 133 Å². The summed E-state index contributed by atoms with van der Waals surface area (Å²) >= 11 is 0. The van der Waals surface area contributed by atoms with Crippen LogP contribution in [0, 0.1) is 67.9 Å². The van der Waals surface area contributed by atoms with Gasteiger partial charge in [0.1, 0.15) is 12.9 Å². The van der Waals surface area contributed by atoms with E-state index in [1.807, 2.05) is 11.7 Å². The molecule has 2 bridgehead atoms. The molecule has 4 fully saturated rings. The maximum absolute atomic E-state index is 15.3. The summed E-state index contributed by atoms with van der Waals surface area (Å²) in [5.74, 6) is 0.967. The normalized spacial score (nSPS) is 39.1. The highest BCUT2D eigenvalue weighted by Gasteiger charge is 2.72. The van der Waals surface area contributed by atoms with Crippen LogP contribution in [0.2, 0.25) is 0 Å². The number of ether oxygens (including phenoxy) is 2. The standard InChI is InChI=1S/C45H68FN5O4/c1-27(2)28(3)41(8)16-17-42(9)31-13-14-34-40(7)19-29(51-37(49-26-50-51)30-15-18-48-22-32(30)46)20-45(34,25-54-23-40)35(31)33(21-43(42,10)36(41)38(52)53)55-24-44(11,47-12)39(4,5)6/h15,18,22,26-29,31,34,36,47H,13-14,16-17,19-21,23-25H2,1-12H3,(H,52,53)/t28-,29-,31+,34-,36-,40-,41-,42-,43+,44+,45-/m1/s1. The SMILES string of the molecule is CN[C@@](C)(COC1=C2[C@H](CC[C@@H]3[C@@]4(C)COC[C@@]23C[C@H](n2ncnc2-c2ccncc2F)C4)[C@@]2(C)CC[C@](C)([C@H](C)C(C)C)[C@@H](C(=O)O)[C@]2(C)C1)C(C)(C)C. The minimum Gasteiger partial charge on any atom is -0.496 e. The van der Waals surface area contributed by atoms with Gasteiger partial charge >= 0.3 is 5.97 Å². The molecule has 55 heavy (non-hydrogen) atoms. The van der Waals surface area contributed by atoms with E-state index < -0.39 is 23.1 Å². The van der Waals surface area contributed by atoms with E-state index in [9.17, 15) is 9.90 Å². The van der Waals surface area contributed by atoms with E-state index in [1.54, 1.807) is 18.6 Å². The zero-order valence-corrected chi connectivity index (χ0v) is 35.7. The number of aromatic nitrogens is 4. The zero-order chi connectivity index (χ0) is 40.1. The van der Waals surface area contributed by atoms with Crippen LogP contribution >= 0.6 is 0 Å². The van der Waals surface area contributed by atoms with E-state index in [0.29, 0.717) is 49.5 Å². The van der Waals surface area contributed by atoms with Crippen LogP contribution in [0.1, 0.15) is 127 Å². The number of carboxylic acid groups (broad SMARTS) is 1. The van der Waals surface area contributed by atoms with Crippen LogP contribution in [0.4, 0.5) is 4.39 Å². The van der Waals surface area contributed by atoms with Crippen molar-refractivity contribution in [3.8, 4) is 11.4 Å². The molecule has 3 saturated carbocycles. The second kappa shape index (κ2) is 13.4. The molecule has 9 nitrogen and oxygen atoms in total. The summed E-state index contributed by atoms with van der Waals surface area (Å²) in [6.45, 7) is 26.8. The Labute approximate surface area is 329 Å². The summed E-state index contributed by atoms with van der Waals surface area (Å²) in [5.41, 5.74) is -0.397. The summed E-state index contributed by atoms with van der Waals surface area (Å²) < 4.78 is 31.4. The molecule has 10 heteroatoms. The Morgan fingerprint density at radius 1 is 1.09 bits per heavy atom. The van der Waals surface area contributed by atoms with Crippen LogP contribution in [0.5, 0.6) is 0 Å². The number of nitrogens with one attached hydrogen (secondary N) is 1. The Morgan fingerprint density at radius 2 is 1.82 bits per heavy atom. The highest BCUT2D eigenvalue weighted by Crippen LogP contribution is 2.76. The number of fused-ring (bicyclic) bond motifs is 3. The number of allylic oxidation sites excluding steroid dienone is 1. The maximum Gasteiger partial charge on any atom is 0.307 e. The van der Waals surface area contributed by atoms with E-state index in [0.717, 1.165) is 44.3 Å². The summed E-state index contributed by atoms with van der Waals surface area (Å²) in [4.78, 5) is 22.5.